The van der Waals surface area contributed by atoms with Crippen molar-refractivity contribution in [3.63, 3.8) is 0 Å². The maximum Gasteiger partial charge on any atom is 0.176 e. The van der Waals surface area contributed by atoms with Gasteiger partial charge in [0.2, 0.25) is 0 Å². The number of benzene rings is 1. The van der Waals surface area contributed by atoms with Gasteiger partial charge in [0.1, 0.15) is 0 Å². The van der Waals surface area contributed by atoms with E-state index in [-0.39, 0.29) is 10.6 Å². The van der Waals surface area contributed by atoms with Crippen molar-refractivity contribution < 1.29 is 4.79 Å². The van der Waals surface area contributed by atoms with E-state index >= 15 is 0 Å². The van der Waals surface area contributed by atoms with Crippen LogP contribution in [0.2, 0.25) is 0 Å². The molecule has 0 aliphatic carbocycles. The van der Waals surface area contributed by atoms with Crippen LogP contribution < -0.4 is 0 Å². The maximum atomic E-state index is 11.7. The lowest BCUT2D eigenvalue weighted by atomic mass is 10.1. The van der Waals surface area contributed by atoms with Crippen LogP contribution in [0.1, 0.15) is 17.3 Å². The Kier molecular flexibility index (Phi) is 5.23. The van der Waals surface area contributed by atoms with E-state index in [0.29, 0.717) is 0 Å². The average Bonchev–Trinajstić information content (AvgIpc) is 2.26. The number of carbonyl (C=O) groups excluding carboxylic acids is 1. The fraction of sp³-hybridized carbons (Fsp3) is 0.364. The number of alkyl halides is 1. The van der Waals surface area contributed by atoms with E-state index in [2.05, 4.69) is 15.9 Å². The van der Waals surface area contributed by atoms with Crippen LogP contribution in [0.5, 0.6) is 0 Å². The molecule has 1 atom stereocenters. The minimum Gasteiger partial charge on any atom is -0.293 e. The smallest absolute Gasteiger partial charge is 0.176 e. The summed E-state index contributed by atoms with van der Waals surface area (Å²) >= 11 is 6.68. The second-order valence-corrected chi connectivity index (χ2v) is 6.12. The first-order valence-corrected chi connectivity index (χ1v) is 7.87. The highest BCUT2D eigenvalue weighted by molar-refractivity contribution is 9.10. The first-order valence-electron chi connectivity index (χ1n) is 4.50. The molecule has 1 rings (SSSR count). The number of thioether (sulfide) groups is 2. The second kappa shape index (κ2) is 5.97. The van der Waals surface area contributed by atoms with Crippen LogP contribution in [-0.2, 0) is 0 Å². The summed E-state index contributed by atoms with van der Waals surface area (Å²) in [6.45, 7) is 1.85. The van der Waals surface area contributed by atoms with Crippen LogP contribution in [-0.4, -0.2) is 23.1 Å². The summed E-state index contributed by atoms with van der Waals surface area (Å²) in [6, 6.07) is 5.88. The topological polar surface area (TPSA) is 17.1 Å². The standard InChI is InChI=1S/C11H13BrOS2/c1-7(12)11(13)8-4-5-9(14-2)10(6-8)15-3/h4-7H,1-3H3. The highest BCUT2D eigenvalue weighted by Gasteiger charge is 2.13. The number of hydrogen-bond donors (Lipinski definition) is 0. The molecule has 15 heavy (non-hydrogen) atoms. The molecule has 4 heteroatoms. The number of Topliss-reactive ketones (excluding diaryl/α,β-unsaturated/α-hetero) is 1. The molecule has 0 bridgehead atoms. The van der Waals surface area contributed by atoms with Gasteiger partial charge in [0, 0.05) is 15.4 Å². The molecule has 0 fully saturated rings. The fourth-order valence-corrected chi connectivity index (χ4v) is 2.96. The van der Waals surface area contributed by atoms with E-state index in [0.717, 1.165) is 5.56 Å². The minimum atomic E-state index is -0.118. The molecule has 0 saturated heterocycles. The molecule has 1 aromatic rings. The Balaban J connectivity index is 3.08. The monoisotopic (exact) mass is 304 g/mol. The predicted octanol–water partition coefficient (Wildman–Crippen LogP) is 4.10. The summed E-state index contributed by atoms with van der Waals surface area (Å²) in [5, 5.41) is 0. The molecule has 0 heterocycles. The maximum absolute atomic E-state index is 11.7. The van der Waals surface area contributed by atoms with Gasteiger partial charge < -0.3 is 0 Å². The van der Waals surface area contributed by atoms with Crippen LogP contribution in [0.3, 0.4) is 0 Å². The van der Waals surface area contributed by atoms with Crippen LogP contribution >= 0.6 is 39.5 Å². The quantitative estimate of drug-likeness (QED) is 0.474. The Morgan fingerprint density at radius 3 is 2.33 bits per heavy atom. The predicted molar refractivity (Wildman–Crippen MR) is 72.7 cm³/mol. The molecular weight excluding hydrogens is 292 g/mol. The van der Waals surface area contributed by atoms with Crippen molar-refractivity contribution in [1.29, 1.82) is 0 Å². The van der Waals surface area contributed by atoms with Gasteiger partial charge in [-0.1, -0.05) is 22.0 Å². The van der Waals surface area contributed by atoms with Gasteiger partial charge in [-0.25, -0.2) is 0 Å². The number of hydrogen-bond acceptors (Lipinski definition) is 3. The third-order valence-electron chi connectivity index (χ3n) is 2.03. The van der Waals surface area contributed by atoms with Crippen LogP contribution in [0.15, 0.2) is 28.0 Å². The molecule has 0 N–H and O–H groups in total. The van der Waals surface area contributed by atoms with E-state index in [1.54, 1.807) is 23.5 Å². The molecule has 0 aliphatic rings. The van der Waals surface area contributed by atoms with Crippen molar-refractivity contribution in [2.24, 2.45) is 0 Å². The lowest BCUT2D eigenvalue weighted by molar-refractivity contribution is 0.0995. The summed E-state index contributed by atoms with van der Waals surface area (Å²) < 4.78 is 0. The van der Waals surface area contributed by atoms with Crippen molar-refractivity contribution in [1.82, 2.24) is 0 Å². The van der Waals surface area contributed by atoms with E-state index in [4.69, 9.17) is 0 Å². The minimum absolute atomic E-state index is 0.118. The Bertz CT molecular complexity index is 364. The van der Waals surface area contributed by atoms with Crippen molar-refractivity contribution in [2.75, 3.05) is 12.5 Å². The molecule has 1 aromatic carbocycles. The van der Waals surface area contributed by atoms with Gasteiger partial charge in [-0.2, -0.15) is 0 Å². The number of rotatable bonds is 4. The zero-order valence-corrected chi connectivity index (χ0v) is 12.1. The molecule has 0 saturated carbocycles. The largest absolute Gasteiger partial charge is 0.293 e. The molecular formula is C11H13BrOS2. The van der Waals surface area contributed by atoms with Gasteiger partial charge in [0.05, 0.1) is 4.83 Å². The average molecular weight is 305 g/mol. The summed E-state index contributed by atoms with van der Waals surface area (Å²) in [5.41, 5.74) is 0.779. The number of carbonyl (C=O) groups is 1. The summed E-state index contributed by atoms with van der Waals surface area (Å²) in [7, 11) is 0. The summed E-state index contributed by atoms with van der Waals surface area (Å²) in [6.07, 6.45) is 4.07. The summed E-state index contributed by atoms with van der Waals surface area (Å²) in [4.78, 5) is 14.0. The Labute approximate surface area is 108 Å². The molecule has 0 aliphatic heterocycles. The van der Waals surface area contributed by atoms with E-state index in [1.807, 2.05) is 37.6 Å². The first kappa shape index (κ1) is 13.1. The number of ketones is 1. The lowest BCUT2D eigenvalue weighted by Gasteiger charge is -2.08. The Morgan fingerprint density at radius 2 is 1.87 bits per heavy atom. The van der Waals surface area contributed by atoms with Crippen LogP contribution in [0.4, 0.5) is 0 Å². The van der Waals surface area contributed by atoms with E-state index in [9.17, 15) is 4.79 Å². The van der Waals surface area contributed by atoms with Gasteiger partial charge in [-0.05, 0) is 31.6 Å². The van der Waals surface area contributed by atoms with Gasteiger partial charge in [-0.15, -0.1) is 23.5 Å². The van der Waals surface area contributed by atoms with E-state index < -0.39 is 0 Å². The van der Waals surface area contributed by atoms with Gasteiger partial charge >= 0.3 is 0 Å². The fourth-order valence-electron chi connectivity index (χ4n) is 1.22. The van der Waals surface area contributed by atoms with Crippen molar-refractivity contribution in [3.8, 4) is 0 Å². The molecule has 1 nitrogen and oxygen atoms in total. The van der Waals surface area contributed by atoms with Gasteiger partial charge in [-0.3, -0.25) is 4.79 Å². The third-order valence-corrected chi connectivity index (χ3v) is 4.15. The Hall–Kier alpha value is 0.0700. The van der Waals surface area contributed by atoms with Gasteiger partial charge in [0.25, 0.3) is 0 Å². The molecule has 1 unspecified atom stereocenters. The molecule has 0 amide bonds. The van der Waals surface area contributed by atoms with Crippen molar-refractivity contribution in [2.45, 2.75) is 21.5 Å². The Morgan fingerprint density at radius 1 is 1.27 bits per heavy atom. The third kappa shape index (κ3) is 3.26. The van der Waals surface area contributed by atoms with Crippen LogP contribution in [0.25, 0.3) is 0 Å². The SMILES string of the molecule is CSc1ccc(C(=O)C(C)Br)cc1SC. The summed E-state index contributed by atoms with van der Waals surface area (Å²) in [5.74, 6) is 0.137. The van der Waals surface area contributed by atoms with Gasteiger partial charge in [0.15, 0.2) is 5.78 Å². The van der Waals surface area contributed by atoms with Crippen LogP contribution in [0, 0.1) is 0 Å². The van der Waals surface area contributed by atoms with Crippen molar-refractivity contribution in [3.05, 3.63) is 23.8 Å². The molecule has 0 spiro atoms. The molecule has 82 valence electrons. The van der Waals surface area contributed by atoms with Crippen molar-refractivity contribution >= 4 is 45.2 Å². The van der Waals surface area contributed by atoms with E-state index in [1.165, 1.54) is 9.79 Å². The zero-order chi connectivity index (χ0) is 11.4. The normalized spacial score (nSPS) is 12.5. The zero-order valence-electron chi connectivity index (χ0n) is 8.91. The highest BCUT2D eigenvalue weighted by atomic mass is 79.9. The highest BCUT2D eigenvalue weighted by Crippen LogP contribution is 2.29. The first-order chi connectivity index (χ1) is 7.10. The molecule has 0 radical (unpaired) electrons. The molecule has 0 aromatic heterocycles. The second-order valence-electron chi connectivity index (χ2n) is 3.05. The number of halogens is 1. The lowest BCUT2D eigenvalue weighted by Crippen LogP contribution is -2.09.